The van der Waals surface area contributed by atoms with Crippen molar-refractivity contribution >= 4 is 5.97 Å². The van der Waals surface area contributed by atoms with Gasteiger partial charge in [-0.2, -0.15) is 0 Å². The summed E-state index contributed by atoms with van der Waals surface area (Å²) < 4.78 is 5.69. The van der Waals surface area contributed by atoms with Crippen LogP contribution in [0.25, 0.3) is 0 Å². The zero-order valence-corrected chi connectivity index (χ0v) is 9.95. The van der Waals surface area contributed by atoms with E-state index in [0.29, 0.717) is 13.0 Å². The smallest absolute Gasteiger partial charge is 0.303 e. The van der Waals surface area contributed by atoms with Gasteiger partial charge in [0.05, 0.1) is 6.61 Å². The molecule has 1 aliphatic carbocycles. The molecule has 0 aromatic heterocycles. The quantitative estimate of drug-likeness (QED) is 0.797. The molecule has 0 amide bonds. The first-order valence-electron chi connectivity index (χ1n) is 6.23. The molecule has 1 aromatic rings. The second-order valence-electron chi connectivity index (χ2n) is 4.45. The number of carbonyl (C=O) groups is 1. The van der Waals surface area contributed by atoms with E-state index in [1.54, 1.807) is 0 Å². The first-order chi connectivity index (χ1) is 8.27. The highest BCUT2D eigenvalue weighted by Crippen LogP contribution is 2.29. The van der Waals surface area contributed by atoms with Gasteiger partial charge < -0.3 is 9.84 Å². The Labute approximate surface area is 101 Å². The van der Waals surface area contributed by atoms with E-state index in [-0.39, 0.29) is 6.42 Å². The van der Waals surface area contributed by atoms with E-state index in [4.69, 9.17) is 9.84 Å². The van der Waals surface area contributed by atoms with Gasteiger partial charge in [0.15, 0.2) is 0 Å². The van der Waals surface area contributed by atoms with Gasteiger partial charge in [-0.1, -0.05) is 12.1 Å². The van der Waals surface area contributed by atoms with Crippen molar-refractivity contribution in [3.05, 3.63) is 29.3 Å². The third kappa shape index (κ3) is 3.22. The fourth-order valence-corrected chi connectivity index (χ4v) is 2.29. The van der Waals surface area contributed by atoms with Crippen molar-refractivity contribution in [3.63, 3.8) is 0 Å². The van der Waals surface area contributed by atoms with E-state index in [2.05, 4.69) is 6.07 Å². The second-order valence-corrected chi connectivity index (χ2v) is 4.45. The van der Waals surface area contributed by atoms with Crippen LogP contribution >= 0.6 is 0 Å². The van der Waals surface area contributed by atoms with Crippen molar-refractivity contribution in [1.29, 1.82) is 0 Å². The summed E-state index contributed by atoms with van der Waals surface area (Å²) in [7, 11) is 0. The minimum atomic E-state index is -0.760. The Kier molecular flexibility index (Phi) is 4.02. The number of fused-ring (bicyclic) bond motifs is 1. The van der Waals surface area contributed by atoms with Gasteiger partial charge in [0.2, 0.25) is 0 Å². The summed E-state index contributed by atoms with van der Waals surface area (Å²) >= 11 is 0. The van der Waals surface area contributed by atoms with Gasteiger partial charge in [0.25, 0.3) is 0 Å². The molecule has 1 aromatic carbocycles. The fraction of sp³-hybridized carbons (Fsp3) is 0.500. The van der Waals surface area contributed by atoms with Crippen LogP contribution in [0.15, 0.2) is 18.2 Å². The third-order valence-electron chi connectivity index (χ3n) is 3.15. The number of carboxylic acids is 1. The topological polar surface area (TPSA) is 46.5 Å². The summed E-state index contributed by atoms with van der Waals surface area (Å²) in [4.78, 5) is 10.4. The Bertz CT molecular complexity index is 398. The summed E-state index contributed by atoms with van der Waals surface area (Å²) in [5.41, 5.74) is 2.72. The number of aryl methyl sites for hydroxylation is 1. The Hall–Kier alpha value is -1.51. The average molecular weight is 234 g/mol. The van der Waals surface area contributed by atoms with Crippen LogP contribution < -0.4 is 4.74 Å². The predicted molar refractivity (Wildman–Crippen MR) is 65.4 cm³/mol. The lowest BCUT2D eigenvalue weighted by atomic mass is 9.91. The number of benzene rings is 1. The molecule has 0 heterocycles. The molecule has 0 saturated carbocycles. The maximum atomic E-state index is 10.4. The molecule has 0 radical (unpaired) electrons. The summed E-state index contributed by atoms with van der Waals surface area (Å²) in [5, 5.41) is 8.55. The van der Waals surface area contributed by atoms with Crippen LogP contribution in [0.3, 0.4) is 0 Å². The van der Waals surface area contributed by atoms with Gasteiger partial charge >= 0.3 is 5.97 Å². The van der Waals surface area contributed by atoms with Gasteiger partial charge in [0, 0.05) is 6.42 Å². The SMILES string of the molecule is O=C(O)CCCOc1cccc2c1CCCC2. The first kappa shape index (κ1) is 12.0. The van der Waals surface area contributed by atoms with Gasteiger partial charge in [-0.3, -0.25) is 4.79 Å². The predicted octanol–water partition coefficient (Wildman–Crippen LogP) is 2.81. The highest BCUT2D eigenvalue weighted by atomic mass is 16.5. The van der Waals surface area contributed by atoms with Crippen molar-refractivity contribution in [3.8, 4) is 5.75 Å². The molecule has 0 spiro atoms. The molecule has 0 atom stereocenters. The molecule has 1 N–H and O–H groups in total. The zero-order chi connectivity index (χ0) is 12.1. The minimum absolute atomic E-state index is 0.176. The average Bonchev–Trinajstić information content (AvgIpc) is 2.34. The normalized spacial score (nSPS) is 14.1. The van der Waals surface area contributed by atoms with Crippen molar-refractivity contribution in [1.82, 2.24) is 0 Å². The van der Waals surface area contributed by atoms with Crippen molar-refractivity contribution < 1.29 is 14.6 Å². The van der Waals surface area contributed by atoms with Crippen LogP contribution in [0.2, 0.25) is 0 Å². The van der Waals surface area contributed by atoms with Gasteiger partial charge in [0.1, 0.15) is 5.75 Å². The molecule has 17 heavy (non-hydrogen) atoms. The monoisotopic (exact) mass is 234 g/mol. The highest BCUT2D eigenvalue weighted by molar-refractivity contribution is 5.66. The standard InChI is InChI=1S/C14H18O3/c15-14(16)9-4-10-17-13-8-3-6-11-5-1-2-7-12(11)13/h3,6,8H,1-2,4-5,7,9-10H2,(H,15,16). The number of aliphatic carboxylic acids is 1. The summed E-state index contributed by atoms with van der Waals surface area (Å²) in [6.07, 6.45) is 5.46. The number of rotatable bonds is 5. The van der Waals surface area contributed by atoms with E-state index in [1.807, 2.05) is 12.1 Å². The van der Waals surface area contributed by atoms with Crippen LogP contribution in [0.4, 0.5) is 0 Å². The molecule has 92 valence electrons. The lowest BCUT2D eigenvalue weighted by Gasteiger charge is -2.19. The molecular weight excluding hydrogens is 216 g/mol. The summed E-state index contributed by atoms with van der Waals surface area (Å²) in [6, 6.07) is 6.18. The van der Waals surface area contributed by atoms with E-state index in [1.165, 1.54) is 24.0 Å². The maximum Gasteiger partial charge on any atom is 0.303 e. The molecule has 0 saturated heterocycles. The Morgan fingerprint density at radius 3 is 2.94 bits per heavy atom. The largest absolute Gasteiger partial charge is 0.493 e. The summed E-state index contributed by atoms with van der Waals surface area (Å²) in [5.74, 6) is 0.191. The number of hydrogen-bond acceptors (Lipinski definition) is 2. The minimum Gasteiger partial charge on any atom is -0.493 e. The lowest BCUT2D eigenvalue weighted by molar-refractivity contribution is -0.137. The number of hydrogen-bond donors (Lipinski definition) is 1. The van der Waals surface area contributed by atoms with Crippen molar-refractivity contribution in [2.75, 3.05) is 6.61 Å². The van der Waals surface area contributed by atoms with E-state index < -0.39 is 5.97 Å². The second kappa shape index (κ2) is 5.71. The van der Waals surface area contributed by atoms with Gasteiger partial charge in [-0.15, -0.1) is 0 Å². The number of carboxylic acid groups (broad SMARTS) is 1. The van der Waals surface area contributed by atoms with Crippen molar-refractivity contribution in [2.24, 2.45) is 0 Å². The Balaban J connectivity index is 1.94. The van der Waals surface area contributed by atoms with Crippen LogP contribution in [-0.4, -0.2) is 17.7 Å². The molecule has 0 fully saturated rings. The van der Waals surface area contributed by atoms with Crippen LogP contribution in [0.1, 0.15) is 36.8 Å². The third-order valence-corrected chi connectivity index (χ3v) is 3.15. The number of ether oxygens (including phenoxy) is 1. The van der Waals surface area contributed by atoms with Crippen LogP contribution in [-0.2, 0) is 17.6 Å². The zero-order valence-electron chi connectivity index (χ0n) is 9.95. The molecular formula is C14H18O3. The molecule has 0 aliphatic heterocycles. The van der Waals surface area contributed by atoms with Crippen LogP contribution in [0, 0.1) is 0 Å². The molecule has 2 rings (SSSR count). The van der Waals surface area contributed by atoms with Gasteiger partial charge in [-0.25, -0.2) is 0 Å². The first-order valence-corrected chi connectivity index (χ1v) is 6.23. The van der Waals surface area contributed by atoms with E-state index >= 15 is 0 Å². The maximum absolute atomic E-state index is 10.4. The fourth-order valence-electron chi connectivity index (χ4n) is 2.29. The van der Waals surface area contributed by atoms with Crippen molar-refractivity contribution in [2.45, 2.75) is 38.5 Å². The molecule has 3 heteroatoms. The lowest BCUT2D eigenvalue weighted by Crippen LogP contribution is -2.08. The molecule has 3 nitrogen and oxygen atoms in total. The molecule has 0 bridgehead atoms. The van der Waals surface area contributed by atoms with E-state index in [0.717, 1.165) is 18.6 Å². The summed E-state index contributed by atoms with van der Waals surface area (Å²) in [6.45, 7) is 0.489. The molecule has 1 aliphatic rings. The molecule has 0 unspecified atom stereocenters. The Morgan fingerprint density at radius 2 is 2.12 bits per heavy atom. The van der Waals surface area contributed by atoms with Crippen LogP contribution in [0.5, 0.6) is 5.75 Å². The highest BCUT2D eigenvalue weighted by Gasteiger charge is 2.13. The van der Waals surface area contributed by atoms with E-state index in [9.17, 15) is 4.79 Å². The Morgan fingerprint density at radius 1 is 1.29 bits per heavy atom. The van der Waals surface area contributed by atoms with Gasteiger partial charge in [-0.05, 0) is 49.3 Å².